The molecule has 0 saturated heterocycles. The predicted octanol–water partition coefficient (Wildman–Crippen LogP) is 1.18. The fraction of sp³-hybridized carbons (Fsp3) is 0.250. The van der Waals surface area contributed by atoms with E-state index in [-0.39, 0.29) is 5.91 Å². The Hall–Kier alpha value is -2.96. The van der Waals surface area contributed by atoms with Gasteiger partial charge < -0.3 is 4.90 Å². The summed E-state index contributed by atoms with van der Waals surface area (Å²) in [6.45, 7) is 2.51. The summed E-state index contributed by atoms with van der Waals surface area (Å²) in [6.07, 6.45) is 5.15. The molecule has 0 N–H and O–H groups in total. The number of rotatable bonds is 3. The molecular formula is C16H16N6O. The van der Waals surface area contributed by atoms with Gasteiger partial charge in [-0.25, -0.2) is 4.68 Å². The van der Waals surface area contributed by atoms with Crippen LogP contribution >= 0.6 is 0 Å². The summed E-state index contributed by atoms with van der Waals surface area (Å²) in [5.74, 6) is -0.00300. The maximum atomic E-state index is 12.6. The highest BCUT2D eigenvalue weighted by Gasteiger charge is 2.23. The zero-order chi connectivity index (χ0) is 15.6. The summed E-state index contributed by atoms with van der Waals surface area (Å²) in [6, 6.07) is 10.1. The van der Waals surface area contributed by atoms with E-state index in [9.17, 15) is 4.79 Å². The molecule has 1 aliphatic rings. The van der Waals surface area contributed by atoms with Gasteiger partial charge in [-0.1, -0.05) is 35.5 Å². The SMILES string of the molecule is O=C(c1cnn(Cc2ccccc2)c1)N1CCn2nncc2C1. The van der Waals surface area contributed by atoms with Crippen molar-refractivity contribution in [3.63, 3.8) is 0 Å². The molecular weight excluding hydrogens is 292 g/mol. The first-order valence-electron chi connectivity index (χ1n) is 7.52. The van der Waals surface area contributed by atoms with Gasteiger partial charge in [0.1, 0.15) is 0 Å². The molecule has 2 aromatic heterocycles. The highest BCUT2D eigenvalue weighted by Crippen LogP contribution is 2.14. The van der Waals surface area contributed by atoms with Crippen molar-refractivity contribution < 1.29 is 4.79 Å². The van der Waals surface area contributed by atoms with Gasteiger partial charge in [-0.05, 0) is 5.56 Å². The van der Waals surface area contributed by atoms with Crippen molar-refractivity contribution in [2.45, 2.75) is 19.6 Å². The molecule has 7 nitrogen and oxygen atoms in total. The van der Waals surface area contributed by atoms with Gasteiger partial charge >= 0.3 is 0 Å². The third-order valence-corrected chi connectivity index (χ3v) is 3.99. The molecule has 4 rings (SSSR count). The third-order valence-electron chi connectivity index (χ3n) is 3.99. The summed E-state index contributed by atoms with van der Waals surface area (Å²) in [5.41, 5.74) is 2.73. The van der Waals surface area contributed by atoms with Gasteiger partial charge in [-0.15, -0.1) is 5.10 Å². The van der Waals surface area contributed by atoms with Crippen LogP contribution in [-0.2, 0) is 19.6 Å². The van der Waals surface area contributed by atoms with Gasteiger partial charge in [0.25, 0.3) is 5.91 Å². The molecule has 0 bridgehead atoms. The standard InChI is InChI=1S/C16H16N6O/c23-16(20-6-7-22-15(12-20)9-17-19-22)14-8-18-21(11-14)10-13-4-2-1-3-5-13/h1-5,8-9,11H,6-7,10,12H2. The van der Waals surface area contributed by atoms with E-state index in [1.807, 2.05) is 39.9 Å². The van der Waals surface area contributed by atoms with Crippen LogP contribution in [0.1, 0.15) is 21.6 Å². The quantitative estimate of drug-likeness (QED) is 0.728. The van der Waals surface area contributed by atoms with Crippen molar-refractivity contribution in [1.82, 2.24) is 29.7 Å². The number of benzene rings is 1. The van der Waals surface area contributed by atoms with E-state index in [4.69, 9.17) is 0 Å². The average Bonchev–Trinajstić information content (AvgIpc) is 3.23. The van der Waals surface area contributed by atoms with Crippen molar-refractivity contribution >= 4 is 5.91 Å². The van der Waals surface area contributed by atoms with E-state index in [0.29, 0.717) is 31.7 Å². The van der Waals surface area contributed by atoms with Gasteiger partial charge in [0.2, 0.25) is 0 Å². The lowest BCUT2D eigenvalue weighted by atomic mass is 10.2. The summed E-state index contributed by atoms with van der Waals surface area (Å²) in [5, 5.41) is 12.2. The van der Waals surface area contributed by atoms with Crippen molar-refractivity contribution in [3.05, 3.63) is 65.7 Å². The van der Waals surface area contributed by atoms with Crippen molar-refractivity contribution in [2.75, 3.05) is 6.54 Å². The molecule has 1 aromatic carbocycles. The molecule has 0 radical (unpaired) electrons. The number of carbonyl (C=O) groups excluding carboxylic acids is 1. The first-order valence-corrected chi connectivity index (χ1v) is 7.52. The highest BCUT2D eigenvalue weighted by molar-refractivity contribution is 5.93. The Morgan fingerprint density at radius 2 is 2.00 bits per heavy atom. The third kappa shape index (κ3) is 2.73. The molecule has 0 saturated carbocycles. The summed E-state index contributed by atoms with van der Waals surface area (Å²) >= 11 is 0. The molecule has 23 heavy (non-hydrogen) atoms. The molecule has 0 fully saturated rings. The normalized spacial score (nSPS) is 13.8. The van der Waals surface area contributed by atoms with Crippen LogP contribution in [0.15, 0.2) is 48.9 Å². The van der Waals surface area contributed by atoms with Crippen LogP contribution < -0.4 is 0 Å². The van der Waals surface area contributed by atoms with Gasteiger partial charge in [0.05, 0.1) is 43.3 Å². The Morgan fingerprint density at radius 1 is 1.13 bits per heavy atom. The molecule has 1 aliphatic heterocycles. The van der Waals surface area contributed by atoms with E-state index in [2.05, 4.69) is 15.4 Å². The summed E-state index contributed by atoms with van der Waals surface area (Å²) in [7, 11) is 0. The zero-order valence-electron chi connectivity index (χ0n) is 12.5. The smallest absolute Gasteiger partial charge is 0.257 e. The molecule has 7 heteroatoms. The molecule has 0 unspecified atom stereocenters. The minimum absolute atomic E-state index is 0.00300. The van der Waals surface area contributed by atoms with E-state index in [0.717, 1.165) is 11.3 Å². The Balaban J connectivity index is 1.47. The topological polar surface area (TPSA) is 68.8 Å². The molecule has 1 amide bonds. The van der Waals surface area contributed by atoms with Crippen LogP contribution in [0.3, 0.4) is 0 Å². The number of carbonyl (C=O) groups is 1. The van der Waals surface area contributed by atoms with Crippen LogP contribution in [0.5, 0.6) is 0 Å². The second-order valence-corrected chi connectivity index (χ2v) is 5.59. The molecule has 116 valence electrons. The van der Waals surface area contributed by atoms with Crippen molar-refractivity contribution in [3.8, 4) is 0 Å². The fourth-order valence-electron chi connectivity index (χ4n) is 2.77. The molecule has 3 aromatic rings. The van der Waals surface area contributed by atoms with Crippen LogP contribution in [0, 0.1) is 0 Å². The summed E-state index contributed by atoms with van der Waals surface area (Å²) in [4.78, 5) is 14.4. The van der Waals surface area contributed by atoms with Gasteiger partial charge in [-0.3, -0.25) is 9.48 Å². The number of amides is 1. The monoisotopic (exact) mass is 308 g/mol. The van der Waals surface area contributed by atoms with Crippen LogP contribution in [0.4, 0.5) is 0 Å². The second kappa shape index (κ2) is 5.68. The second-order valence-electron chi connectivity index (χ2n) is 5.59. The zero-order valence-corrected chi connectivity index (χ0v) is 12.5. The largest absolute Gasteiger partial charge is 0.331 e. The lowest BCUT2D eigenvalue weighted by Gasteiger charge is -2.26. The molecule has 3 heterocycles. The molecule has 0 atom stereocenters. The van der Waals surface area contributed by atoms with E-state index >= 15 is 0 Å². The number of hydrogen-bond donors (Lipinski definition) is 0. The Labute approximate surface area is 133 Å². The van der Waals surface area contributed by atoms with E-state index in [1.165, 1.54) is 0 Å². The van der Waals surface area contributed by atoms with Gasteiger partial charge in [0, 0.05) is 12.7 Å². The van der Waals surface area contributed by atoms with E-state index in [1.54, 1.807) is 23.3 Å². The number of nitrogens with zero attached hydrogens (tertiary/aromatic N) is 6. The lowest BCUT2D eigenvalue weighted by Crippen LogP contribution is -2.38. The lowest BCUT2D eigenvalue weighted by molar-refractivity contribution is 0.0705. The first-order chi connectivity index (χ1) is 11.3. The minimum atomic E-state index is -0.00300. The van der Waals surface area contributed by atoms with Crippen LogP contribution in [-0.4, -0.2) is 42.1 Å². The Morgan fingerprint density at radius 3 is 2.87 bits per heavy atom. The Kier molecular flexibility index (Phi) is 3.38. The average molecular weight is 308 g/mol. The van der Waals surface area contributed by atoms with Crippen LogP contribution in [0.25, 0.3) is 0 Å². The number of hydrogen-bond acceptors (Lipinski definition) is 4. The highest BCUT2D eigenvalue weighted by atomic mass is 16.2. The number of aromatic nitrogens is 5. The first kappa shape index (κ1) is 13.7. The van der Waals surface area contributed by atoms with Crippen molar-refractivity contribution in [2.24, 2.45) is 0 Å². The van der Waals surface area contributed by atoms with Crippen LogP contribution in [0.2, 0.25) is 0 Å². The number of fused-ring (bicyclic) bond motifs is 1. The van der Waals surface area contributed by atoms with Gasteiger partial charge in [0.15, 0.2) is 0 Å². The molecule has 0 spiro atoms. The maximum absolute atomic E-state index is 12.6. The van der Waals surface area contributed by atoms with Crippen molar-refractivity contribution in [1.29, 1.82) is 0 Å². The predicted molar refractivity (Wildman–Crippen MR) is 82.5 cm³/mol. The Bertz CT molecular complexity index is 822. The van der Waals surface area contributed by atoms with E-state index < -0.39 is 0 Å². The fourth-order valence-corrected chi connectivity index (χ4v) is 2.77. The minimum Gasteiger partial charge on any atom is -0.331 e. The maximum Gasteiger partial charge on any atom is 0.257 e. The summed E-state index contributed by atoms with van der Waals surface area (Å²) < 4.78 is 3.63. The molecule has 0 aliphatic carbocycles. The van der Waals surface area contributed by atoms with Gasteiger partial charge in [-0.2, -0.15) is 5.10 Å².